The highest BCUT2D eigenvalue weighted by molar-refractivity contribution is 5.79. The fourth-order valence-electron chi connectivity index (χ4n) is 3.72. The van der Waals surface area contributed by atoms with E-state index in [2.05, 4.69) is 43.7 Å². The van der Waals surface area contributed by atoms with Gasteiger partial charge in [0.1, 0.15) is 11.5 Å². The van der Waals surface area contributed by atoms with Gasteiger partial charge in [0.2, 0.25) is 0 Å². The molecule has 1 atom stereocenters. The van der Waals surface area contributed by atoms with Gasteiger partial charge in [0.15, 0.2) is 0 Å². The number of aryl methyl sites for hydroxylation is 1. The smallest absolute Gasteiger partial charge is 0.149 e. The Bertz CT molecular complexity index is 1080. The summed E-state index contributed by atoms with van der Waals surface area (Å²) in [4.78, 5) is 7.33. The fraction of sp³-hybridized carbons (Fsp3) is 0.316. The summed E-state index contributed by atoms with van der Waals surface area (Å²) in [6, 6.07) is 8.48. The minimum atomic E-state index is 0.277. The second kappa shape index (κ2) is 6.24. The first-order valence-corrected chi connectivity index (χ1v) is 9.07. The second-order valence-corrected chi connectivity index (χ2v) is 6.85. The van der Waals surface area contributed by atoms with Crippen LogP contribution in [0.25, 0.3) is 28.3 Å². The van der Waals surface area contributed by atoms with Crippen molar-refractivity contribution in [2.24, 2.45) is 7.05 Å². The Labute approximate surface area is 156 Å². The Hall–Kier alpha value is -3.13. The first-order chi connectivity index (χ1) is 13.2. The van der Waals surface area contributed by atoms with Crippen LogP contribution in [0, 0.1) is 0 Å². The van der Waals surface area contributed by atoms with Crippen molar-refractivity contribution in [1.82, 2.24) is 29.4 Å². The van der Waals surface area contributed by atoms with E-state index in [9.17, 15) is 0 Å². The van der Waals surface area contributed by atoms with E-state index < -0.39 is 0 Å². The molecule has 8 heteroatoms. The molecule has 0 amide bonds. The maximum absolute atomic E-state index is 5.61. The van der Waals surface area contributed by atoms with E-state index in [4.69, 9.17) is 9.72 Å². The molecule has 1 aliphatic heterocycles. The molecule has 8 nitrogen and oxygen atoms in total. The van der Waals surface area contributed by atoms with Crippen molar-refractivity contribution in [2.75, 3.05) is 24.7 Å². The fourth-order valence-corrected chi connectivity index (χ4v) is 3.72. The van der Waals surface area contributed by atoms with Gasteiger partial charge < -0.3 is 9.64 Å². The Morgan fingerprint density at radius 3 is 2.85 bits per heavy atom. The van der Waals surface area contributed by atoms with Crippen molar-refractivity contribution in [3.05, 3.63) is 42.9 Å². The number of hydrogen-bond donors (Lipinski definition) is 1. The number of fused-ring (bicyclic) bond motifs is 1. The summed E-state index contributed by atoms with van der Waals surface area (Å²) in [5.41, 5.74) is 4.97. The number of aromatic nitrogens is 6. The van der Waals surface area contributed by atoms with E-state index in [1.54, 1.807) is 6.20 Å². The lowest BCUT2D eigenvalue weighted by atomic mass is 10.2. The summed E-state index contributed by atoms with van der Waals surface area (Å²) in [7, 11) is 1.96. The normalized spacial score (nSPS) is 17.7. The van der Waals surface area contributed by atoms with Gasteiger partial charge in [-0.25, -0.2) is 4.98 Å². The van der Waals surface area contributed by atoms with Crippen molar-refractivity contribution in [1.29, 1.82) is 0 Å². The Balaban J connectivity index is 1.76. The molecule has 0 radical (unpaired) electrons. The van der Waals surface area contributed by atoms with E-state index in [-0.39, 0.29) is 6.04 Å². The van der Waals surface area contributed by atoms with Gasteiger partial charge >= 0.3 is 0 Å². The number of nitrogens with one attached hydrogen (secondary N) is 1. The van der Waals surface area contributed by atoms with Gasteiger partial charge in [-0.05, 0) is 25.1 Å². The lowest BCUT2D eigenvalue weighted by Crippen LogP contribution is -2.44. The van der Waals surface area contributed by atoms with Crippen molar-refractivity contribution >= 4 is 11.5 Å². The number of hydrogen-bond acceptors (Lipinski definition) is 5. The minimum absolute atomic E-state index is 0.277. The molecule has 0 unspecified atom stereocenters. The zero-order valence-electron chi connectivity index (χ0n) is 15.3. The molecule has 4 aromatic heterocycles. The first kappa shape index (κ1) is 16.1. The van der Waals surface area contributed by atoms with Crippen LogP contribution in [-0.2, 0) is 11.8 Å². The third-order valence-electron chi connectivity index (χ3n) is 5.14. The predicted molar refractivity (Wildman–Crippen MR) is 103 cm³/mol. The molecule has 0 spiro atoms. The Morgan fingerprint density at radius 1 is 1.19 bits per heavy atom. The minimum Gasteiger partial charge on any atom is -0.377 e. The highest BCUT2D eigenvalue weighted by Gasteiger charge is 2.23. The molecule has 5 heterocycles. The van der Waals surface area contributed by atoms with Crippen LogP contribution in [-0.4, -0.2) is 55.2 Å². The number of H-pyrrole nitrogens is 1. The number of anilines is 1. The van der Waals surface area contributed by atoms with Gasteiger partial charge in [-0.2, -0.15) is 10.2 Å². The predicted octanol–water partition coefficient (Wildman–Crippen LogP) is 2.35. The number of rotatable bonds is 3. The summed E-state index contributed by atoms with van der Waals surface area (Å²) in [6.07, 6.45) is 5.63. The van der Waals surface area contributed by atoms with Crippen molar-refractivity contribution in [2.45, 2.75) is 13.0 Å². The molecule has 1 N–H and O–H groups in total. The number of ether oxygens (including phenoxy) is 1. The number of nitrogens with zero attached hydrogens (tertiary/aromatic N) is 6. The SMILES string of the molecule is C[C@@H]1COCCN1c1cc(-c2ccnn2C)n2ccc(-c3ccn[nH]3)c2n1. The molecule has 0 bridgehead atoms. The van der Waals surface area contributed by atoms with Gasteiger partial charge in [0, 0.05) is 43.8 Å². The van der Waals surface area contributed by atoms with Crippen molar-refractivity contribution in [3.8, 4) is 22.6 Å². The molecule has 27 heavy (non-hydrogen) atoms. The lowest BCUT2D eigenvalue weighted by molar-refractivity contribution is 0.0985. The number of morpholine rings is 1. The second-order valence-electron chi connectivity index (χ2n) is 6.85. The maximum Gasteiger partial charge on any atom is 0.149 e. The van der Waals surface area contributed by atoms with Crippen LogP contribution in [0.4, 0.5) is 5.82 Å². The van der Waals surface area contributed by atoms with E-state index >= 15 is 0 Å². The molecule has 5 rings (SSSR count). The largest absolute Gasteiger partial charge is 0.377 e. The topological polar surface area (TPSA) is 76.3 Å². The quantitative estimate of drug-likeness (QED) is 0.605. The van der Waals surface area contributed by atoms with Gasteiger partial charge in [-0.1, -0.05) is 0 Å². The third kappa shape index (κ3) is 2.60. The van der Waals surface area contributed by atoms with Crippen molar-refractivity contribution in [3.63, 3.8) is 0 Å². The van der Waals surface area contributed by atoms with Crippen LogP contribution in [0.5, 0.6) is 0 Å². The summed E-state index contributed by atoms with van der Waals surface area (Å²) in [6.45, 7) is 4.42. The lowest BCUT2D eigenvalue weighted by Gasteiger charge is -2.34. The van der Waals surface area contributed by atoms with Crippen LogP contribution in [0.15, 0.2) is 42.9 Å². The summed E-state index contributed by atoms with van der Waals surface area (Å²) < 4.78 is 9.61. The molecular weight excluding hydrogens is 342 g/mol. The molecule has 0 aliphatic carbocycles. The van der Waals surface area contributed by atoms with Gasteiger partial charge in [-0.15, -0.1) is 0 Å². The monoisotopic (exact) mass is 363 g/mol. The molecule has 1 saturated heterocycles. The van der Waals surface area contributed by atoms with Gasteiger partial charge in [0.05, 0.1) is 36.3 Å². The van der Waals surface area contributed by atoms with Crippen LogP contribution in [0.2, 0.25) is 0 Å². The molecule has 1 fully saturated rings. The highest BCUT2D eigenvalue weighted by atomic mass is 16.5. The summed E-state index contributed by atoms with van der Waals surface area (Å²) in [5.74, 6) is 0.953. The van der Waals surface area contributed by atoms with Crippen molar-refractivity contribution < 1.29 is 4.74 Å². The van der Waals surface area contributed by atoms with Crippen LogP contribution >= 0.6 is 0 Å². The molecule has 0 saturated carbocycles. The number of aromatic amines is 1. The Morgan fingerprint density at radius 2 is 2.11 bits per heavy atom. The standard InChI is InChI=1S/C19H21N7O/c1-13-12-27-10-9-25(13)18-11-17(16-4-7-21-24(16)2)26-8-5-14(19(26)22-18)15-3-6-20-23-15/h3-8,11,13H,9-10,12H2,1-2H3,(H,20,23)/t13-/m1/s1. The van der Waals surface area contributed by atoms with Crippen LogP contribution in [0.3, 0.4) is 0 Å². The maximum atomic E-state index is 5.61. The Kier molecular flexibility index (Phi) is 3.71. The first-order valence-electron chi connectivity index (χ1n) is 9.07. The highest BCUT2D eigenvalue weighted by Crippen LogP contribution is 2.31. The molecule has 0 aromatic carbocycles. The zero-order valence-corrected chi connectivity index (χ0v) is 15.3. The van der Waals surface area contributed by atoms with E-state index in [1.807, 2.05) is 36.3 Å². The molecule has 138 valence electrons. The van der Waals surface area contributed by atoms with Gasteiger partial charge in [0.25, 0.3) is 0 Å². The zero-order chi connectivity index (χ0) is 18.4. The summed E-state index contributed by atoms with van der Waals surface area (Å²) in [5, 5.41) is 11.5. The average Bonchev–Trinajstić information content (AvgIpc) is 3.41. The van der Waals surface area contributed by atoms with Gasteiger partial charge in [-0.3, -0.25) is 14.2 Å². The van der Waals surface area contributed by atoms with Crippen LogP contribution < -0.4 is 4.90 Å². The van der Waals surface area contributed by atoms with E-state index in [1.165, 1.54) is 0 Å². The molecule has 4 aromatic rings. The molecular formula is C19H21N7O. The molecule has 1 aliphatic rings. The third-order valence-corrected chi connectivity index (χ3v) is 5.14. The van der Waals surface area contributed by atoms with Crippen LogP contribution in [0.1, 0.15) is 6.92 Å². The van der Waals surface area contributed by atoms with E-state index in [0.717, 1.165) is 40.7 Å². The van der Waals surface area contributed by atoms with E-state index in [0.29, 0.717) is 13.2 Å². The summed E-state index contributed by atoms with van der Waals surface area (Å²) >= 11 is 0. The average molecular weight is 363 g/mol.